The fourth-order valence-corrected chi connectivity index (χ4v) is 2.69. The summed E-state index contributed by atoms with van der Waals surface area (Å²) < 4.78 is 5.62. The molecule has 0 aromatic carbocycles. The van der Waals surface area contributed by atoms with Gasteiger partial charge in [0.2, 0.25) is 0 Å². The van der Waals surface area contributed by atoms with E-state index in [4.69, 9.17) is 4.74 Å². The zero-order valence-electron chi connectivity index (χ0n) is 21.1. The van der Waals surface area contributed by atoms with E-state index in [0.717, 1.165) is 19.8 Å². The van der Waals surface area contributed by atoms with Crippen molar-refractivity contribution in [1.29, 1.82) is 0 Å². The van der Waals surface area contributed by atoms with Gasteiger partial charge in [0, 0.05) is 24.2 Å². The highest BCUT2D eigenvalue weighted by Crippen LogP contribution is 2.57. The Balaban J connectivity index is 0.000000501. The fourth-order valence-electron chi connectivity index (χ4n) is 2.69. The minimum atomic E-state index is 0.241. The normalized spacial score (nSPS) is 17.6. The quantitative estimate of drug-likeness (QED) is 0.570. The molecule has 0 atom stereocenters. The molecule has 1 saturated carbocycles. The van der Waals surface area contributed by atoms with E-state index in [1.165, 1.54) is 19.4 Å². The molecule has 3 heteroatoms. The summed E-state index contributed by atoms with van der Waals surface area (Å²) in [6, 6.07) is 0. The van der Waals surface area contributed by atoms with E-state index >= 15 is 0 Å². The maximum atomic E-state index is 5.62. The lowest BCUT2D eigenvalue weighted by atomic mass is 9.77. The van der Waals surface area contributed by atoms with Crippen LogP contribution in [-0.2, 0) is 4.74 Å². The number of likely N-dealkylation sites (N-methyl/N-ethyl adjacent to an activating group) is 1. The van der Waals surface area contributed by atoms with Gasteiger partial charge in [-0.1, -0.05) is 41.5 Å². The standard InChI is InChI=1S/C12H27NO.C12H25N/c1-11(2,3)10-14-9-8-13(7)12(4,5)6;1-10(2,3)12(7-8-12)9-13-11(4,5)6/h8-10H2,1-7H3;13H,7-9H2,1-6H3. The van der Waals surface area contributed by atoms with Gasteiger partial charge in [0.25, 0.3) is 0 Å². The maximum absolute atomic E-state index is 5.62. The van der Waals surface area contributed by atoms with Gasteiger partial charge >= 0.3 is 0 Å². The van der Waals surface area contributed by atoms with E-state index in [0.29, 0.717) is 10.8 Å². The van der Waals surface area contributed by atoms with Gasteiger partial charge in [0.05, 0.1) is 13.2 Å². The zero-order valence-corrected chi connectivity index (χ0v) is 21.1. The first-order valence-electron chi connectivity index (χ1n) is 10.8. The molecular weight excluding hydrogens is 332 g/mol. The van der Waals surface area contributed by atoms with Gasteiger partial charge in [0.1, 0.15) is 0 Å². The topological polar surface area (TPSA) is 24.5 Å². The predicted molar refractivity (Wildman–Crippen MR) is 122 cm³/mol. The fraction of sp³-hybridized carbons (Fsp3) is 1.00. The predicted octanol–water partition coefficient (Wildman–Crippen LogP) is 5.98. The molecule has 0 unspecified atom stereocenters. The van der Waals surface area contributed by atoms with Crippen molar-refractivity contribution < 1.29 is 4.74 Å². The van der Waals surface area contributed by atoms with E-state index in [1.807, 2.05) is 0 Å². The van der Waals surface area contributed by atoms with Gasteiger partial charge in [-0.2, -0.15) is 0 Å². The van der Waals surface area contributed by atoms with Gasteiger partial charge < -0.3 is 10.1 Å². The molecule has 1 aliphatic carbocycles. The lowest BCUT2D eigenvalue weighted by Crippen LogP contribution is -2.43. The first-order valence-corrected chi connectivity index (χ1v) is 10.8. The third kappa shape index (κ3) is 12.1. The lowest BCUT2D eigenvalue weighted by Gasteiger charge is -2.34. The van der Waals surface area contributed by atoms with E-state index in [-0.39, 0.29) is 16.5 Å². The van der Waals surface area contributed by atoms with Crippen LogP contribution in [0.3, 0.4) is 0 Å². The molecule has 1 rings (SSSR count). The highest BCUT2D eigenvalue weighted by Gasteiger charge is 2.51. The van der Waals surface area contributed by atoms with Gasteiger partial charge in [-0.05, 0) is 77.7 Å². The Labute approximate surface area is 172 Å². The Bertz CT molecular complexity index is 412. The number of hydrogen-bond donors (Lipinski definition) is 1. The van der Waals surface area contributed by atoms with E-state index in [9.17, 15) is 0 Å². The Morgan fingerprint density at radius 1 is 0.852 bits per heavy atom. The molecule has 0 amide bonds. The van der Waals surface area contributed by atoms with Crippen LogP contribution in [0.2, 0.25) is 0 Å². The van der Waals surface area contributed by atoms with Crippen molar-refractivity contribution in [3.8, 4) is 0 Å². The number of ether oxygens (including phenoxy) is 1. The van der Waals surface area contributed by atoms with E-state index < -0.39 is 0 Å². The van der Waals surface area contributed by atoms with Crippen LogP contribution in [0.5, 0.6) is 0 Å². The van der Waals surface area contributed by atoms with Crippen LogP contribution in [-0.4, -0.2) is 49.3 Å². The average Bonchev–Trinajstić information content (AvgIpc) is 3.19. The van der Waals surface area contributed by atoms with Crippen LogP contribution in [0.4, 0.5) is 0 Å². The third-order valence-corrected chi connectivity index (χ3v) is 5.65. The van der Waals surface area contributed by atoms with Crippen molar-refractivity contribution in [2.24, 2.45) is 16.2 Å². The lowest BCUT2D eigenvalue weighted by molar-refractivity contribution is 0.0431. The summed E-state index contributed by atoms with van der Waals surface area (Å²) in [6.45, 7) is 30.9. The van der Waals surface area contributed by atoms with Gasteiger partial charge in [0.15, 0.2) is 0 Å². The minimum absolute atomic E-state index is 0.241. The monoisotopic (exact) mass is 384 g/mol. The van der Waals surface area contributed by atoms with E-state index in [1.54, 1.807) is 0 Å². The second-order valence-corrected chi connectivity index (χ2v) is 12.8. The summed E-state index contributed by atoms with van der Waals surface area (Å²) >= 11 is 0. The van der Waals surface area contributed by atoms with Gasteiger partial charge in [-0.25, -0.2) is 0 Å². The van der Waals surface area contributed by atoms with Gasteiger partial charge in [-0.3, -0.25) is 4.90 Å². The Morgan fingerprint density at radius 2 is 1.33 bits per heavy atom. The molecule has 164 valence electrons. The van der Waals surface area contributed by atoms with Crippen molar-refractivity contribution in [2.45, 2.75) is 107 Å². The van der Waals surface area contributed by atoms with Crippen LogP contribution < -0.4 is 5.32 Å². The molecule has 0 bridgehead atoms. The summed E-state index contributed by atoms with van der Waals surface area (Å²) in [5, 5.41) is 3.63. The number of nitrogens with zero attached hydrogens (tertiary/aromatic N) is 1. The highest BCUT2D eigenvalue weighted by molar-refractivity contribution is 5.03. The zero-order chi connectivity index (χ0) is 21.7. The Hall–Kier alpha value is -0.120. The molecule has 0 spiro atoms. The molecule has 3 nitrogen and oxygen atoms in total. The second-order valence-electron chi connectivity index (χ2n) is 12.8. The van der Waals surface area contributed by atoms with Crippen molar-refractivity contribution in [3.05, 3.63) is 0 Å². The molecule has 0 aromatic rings. The van der Waals surface area contributed by atoms with Crippen molar-refractivity contribution in [2.75, 3.05) is 33.4 Å². The molecule has 0 aliphatic heterocycles. The van der Waals surface area contributed by atoms with Crippen LogP contribution in [0, 0.1) is 16.2 Å². The first-order chi connectivity index (χ1) is 11.8. The van der Waals surface area contributed by atoms with Crippen LogP contribution in [0.1, 0.15) is 95.9 Å². The number of rotatable bonds is 6. The molecule has 0 radical (unpaired) electrons. The average molecular weight is 385 g/mol. The van der Waals surface area contributed by atoms with Crippen molar-refractivity contribution in [1.82, 2.24) is 10.2 Å². The van der Waals surface area contributed by atoms with Crippen molar-refractivity contribution >= 4 is 0 Å². The summed E-state index contributed by atoms with van der Waals surface area (Å²) in [7, 11) is 2.14. The maximum Gasteiger partial charge on any atom is 0.0593 e. The number of hydrogen-bond acceptors (Lipinski definition) is 3. The Morgan fingerprint density at radius 3 is 1.63 bits per heavy atom. The highest BCUT2D eigenvalue weighted by atomic mass is 16.5. The molecule has 0 aromatic heterocycles. The van der Waals surface area contributed by atoms with Crippen LogP contribution >= 0.6 is 0 Å². The largest absolute Gasteiger partial charge is 0.380 e. The summed E-state index contributed by atoms with van der Waals surface area (Å²) in [6.07, 6.45) is 2.80. The van der Waals surface area contributed by atoms with Crippen molar-refractivity contribution in [3.63, 3.8) is 0 Å². The second kappa shape index (κ2) is 9.59. The molecular formula is C24H52N2O. The third-order valence-electron chi connectivity index (χ3n) is 5.65. The van der Waals surface area contributed by atoms with Gasteiger partial charge in [-0.15, -0.1) is 0 Å². The molecule has 1 aliphatic rings. The summed E-state index contributed by atoms with van der Waals surface area (Å²) in [4.78, 5) is 2.32. The van der Waals surface area contributed by atoms with Crippen LogP contribution in [0.15, 0.2) is 0 Å². The smallest absolute Gasteiger partial charge is 0.0593 e. The SMILES string of the molecule is CC(C)(C)NCC1(C(C)(C)C)CC1.CN(CCOCC(C)(C)C)C(C)(C)C. The first kappa shape index (κ1) is 26.9. The molecule has 0 heterocycles. The minimum Gasteiger partial charge on any atom is -0.380 e. The Kier molecular flexibility index (Phi) is 9.54. The molecule has 1 fully saturated rings. The molecule has 1 N–H and O–H groups in total. The number of nitrogens with one attached hydrogen (secondary N) is 1. The summed E-state index contributed by atoms with van der Waals surface area (Å²) in [5.41, 5.74) is 1.83. The molecule has 27 heavy (non-hydrogen) atoms. The molecule has 0 saturated heterocycles. The van der Waals surface area contributed by atoms with Crippen LogP contribution in [0.25, 0.3) is 0 Å². The summed E-state index contributed by atoms with van der Waals surface area (Å²) in [5.74, 6) is 0. The van der Waals surface area contributed by atoms with E-state index in [2.05, 4.69) is 100 Å².